The molecule has 0 aromatic heterocycles. The van der Waals surface area contributed by atoms with Crippen molar-refractivity contribution in [2.45, 2.75) is 45.1 Å². The number of hydrogen-bond acceptors (Lipinski definition) is 1. The minimum Gasteiger partial charge on any atom is -0.377 e. The van der Waals surface area contributed by atoms with Crippen molar-refractivity contribution < 1.29 is 9.13 Å². The lowest BCUT2D eigenvalue weighted by Crippen LogP contribution is -2.12. The summed E-state index contributed by atoms with van der Waals surface area (Å²) >= 11 is 0. The van der Waals surface area contributed by atoms with Crippen LogP contribution in [-0.2, 0) is 11.3 Å². The van der Waals surface area contributed by atoms with Crippen LogP contribution in [0.5, 0.6) is 0 Å². The lowest BCUT2D eigenvalue weighted by Gasteiger charge is -2.28. The second kappa shape index (κ2) is 8.44. The van der Waals surface area contributed by atoms with E-state index in [9.17, 15) is 4.39 Å². The molecule has 2 aromatic carbocycles. The topological polar surface area (TPSA) is 9.23 Å². The van der Waals surface area contributed by atoms with Crippen molar-refractivity contribution in [1.82, 2.24) is 0 Å². The van der Waals surface area contributed by atoms with Gasteiger partial charge < -0.3 is 4.74 Å². The molecule has 0 saturated heterocycles. The quantitative estimate of drug-likeness (QED) is 0.547. The Balaban J connectivity index is 1.86. The minimum atomic E-state index is -0.184. The average Bonchev–Trinajstić information content (AvgIpc) is 2.67. The van der Waals surface area contributed by atoms with E-state index in [2.05, 4.69) is 30.9 Å². The lowest BCUT2D eigenvalue weighted by atomic mass is 9.77. The largest absolute Gasteiger partial charge is 0.377 e. The molecule has 1 nitrogen and oxygen atoms in total. The van der Waals surface area contributed by atoms with E-state index in [0.29, 0.717) is 30.6 Å². The molecule has 1 aliphatic rings. The van der Waals surface area contributed by atoms with Crippen LogP contribution in [0.3, 0.4) is 0 Å². The second-order valence-corrected chi connectivity index (χ2v) is 6.88. The summed E-state index contributed by atoms with van der Waals surface area (Å²) in [6.07, 6.45) is 6.85. The number of halogens is 1. The van der Waals surface area contributed by atoms with Crippen LogP contribution in [0, 0.1) is 11.7 Å². The van der Waals surface area contributed by atoms with Crippen molar-refractivity contribution in [3.05, 3.63) is 72.1 Å². The zero-order chi connectivity index (χ0) is 17.6. The van der Waals surface area contributed by atoms with Crippen LogP contribution >= 0.6 is 0 Å². The Morgan fingerprint density at radius 1 is 1.12 bits per heavy atom. The van der Waals surface area contributed by atoms with E-state index in [-0.39, 0.29) is 5.82 Å². The molecular weight excluding hydrogens is 311 g/mol. The minimum absolute atomic E-state index is 0.184. The molecule has 2 heteroatoms. The molecule has 0 atom stereocenters. The number of ether oxygens (including phenoxy) is 1. The summed E-state index contributed by atoms with van der Waals surface area (Å²) < 4.78 is 19.8. The monoisotopic (exact) mass is 338 g/mol. The molecule has 3 rings (SSSR count). The van der Waals surface area contributed by atoms with Crippen LogP contribution in [-0.4, -0.2) is 6.61 Å². The second-order valence-electron chi connectivity index (χ2n) is 6.88. The number of benzene rings is 2. The Morgan fingerprint density at radius 3 is 2.56 bits per heavy atom. The molecule has 0 bridgehead atoms. The first-order valence-corrected chi connectivity index (χ1v) is 9.31. The van der Waals surface area contributed by atoms with Crippen molar-refractivity contribution in [3.8, 4) is 11.1 Å². The van der Waals surface area contributed by atoms with Crippen molar-refractivity contribution in [2.75, 3.05) is 6.61 Å². The molecule has 1 saturated carbocycles. The maximum atomic E-state index is 14.4. The van der Waals surface area contributed by atoms with Gasteiger partial charge in [0.25, 0.3) is 0 Å². The van der Waals surface area contributed by atoms with Gasteiger partial charge in [-0.2, -0.15) is 0 Å². The van der Waals surface area contributed by atoms with Gasteiger partial charge in [-0.15, -0.1) is 6.58 Å². The fraction of sp³-hybridized carbons (Fsp3) is 0.391. The summed E-state index contributed by atoms with van der Waals surface area (Å²) in [5, 5.41) is 0. The predicted octanol–water partition coefficient (Wildman–Crippen LogP) is 6.49. The van der Waals surface area contributed by atoms with Crippen molar-refractivity contribution >= 4 is 0 Å². The third-order valence-corrected chi connectivity index (χ3v) is 5.33. The van der Waals surface area contributed by atoms with Gasteiger partial charge in [-0.3, -0.25) is 0 Å². The van der Waals surface area contributed by atoms with Gasteiger partial charge in [0.15, 0.2) is 0 Å². The molecule has 1 fully saturated rings. The molecule has 1 aliphatic carbocycles. The fourth-order valence-corrected chi connectivity index (χ4v) is 3.83. The Labute approximate surface area is 150 Å². The van der Waals surface area contributed by atoms with Gasteiger partial charge >= 0.3 is 0 Å². The Hall–Kier alpha value is -1.93. The van der Waals surface area contributed by atoms with Gasteiger partial charge in [-0.05, 0) is 67.2 Å². The zero-order valence-electron chi connectivity index (χ0n) is 15.0. The summed E-state index contributed by atoms with van der Waals surface area (Å²) in [5.74, 6) is 1.02. The van der Waals surface area contributed by atoms with E-state index in [0.717, 1.165) is 11.1 Å². The normalized spacial score (nSPS) is 20.4. The van der Waals surface area contributed by atoms with Crippen molar-refractivity contribution in [3.63, 3.8) is 0 Å². The molecule has 0 amide bonds. The molecule has 0 unspecified atom stereocenters. The molecule has 0 N–H and O–H groups in total. The first-order valence-electron chi connectivity index (χ1n) is 9.31. The molecular formula is C23H27FO. The highest BCUT2D eigenvalue weighted by Crippen LogP contribution is 2.40. The van der Waals surface area contributed by atoms with E-state index in [4.69, 9.17) is 4.74 Å². The average molecular weight is 338 g/mol. The van der Waals surface area contributed by atoms with Crippen molar-refractivity contribution in [2.24, 2.45) is 5.92 Å². The Morgan fingerprint density at radius 2 is 1.88 bits per heavy atom. The van der Waals surface area contributed by atoms with Gasteiger partial charge in [-0.25, -0.2) is 4.39 Å². The summed E-state index contributed by atoms with van der Waals surface area (Å²) in [5.41, 5.74) is 4.09. The lowest BCUT2D eigenvalue weighted by molar-refractivity contribution is 0.131. The van der Waals surface area contributed by atoms with Gasteiger partial charge in [-0.1, -0.05) is 42.5 Å². The molecule has 0 spiro atoms. The van der Waals surface area contributed by atoms with Crippen LogP contribution in [0.2, 0.25) is 0 Å². The SMILES string of the molecule is C=CC1CCC(c2ccccc2-c2ccc(COCC)c(F)c2)CC1. The fourth-order valence-electron chi connectivity index (χ4n) is 3.83. The number of hydrogen-bond donors (Lipinski definition) is 0. The van der Waals surface area contributed by atoms with Gasteiger partial charge in [0.1, 0.15) is 5.82 Å². The Kier molecular flexibility index (Phi) is 6.04. The highest BCUT2D eigenvalue weighted by molar-refractivity contribution is 5.68. The van der Waals surface area contributed by atoms with E-state index in [1.54, 1.807) is 6.07 Å². The summed E-state index contributed by atoms with van der Waals surface area (Å²) in [6.45, 7) is 6.78. The highest BCUT2D eigenvalue weighted by atomic mass is 19.1. The highest BCUT2D eigenvalue weighted by Gasteiger charge is 2.23. The van der Waals surface area contributed by atoms with Crippen LogP contribution < -0.4 is 0 Å². The standard InChI is InChI=1S/C23H27FO/c1-3-17-9-11-18(12-10-17)21-7-5-6-8-22(21)19-13-14-20(16-25-4-2)23(24)15-19/h3,5-8,13-15,17-18H,1,4,9-12,16H2,2H3. The molecule has 0 radical (unpaired) electrons. The summed E-state index contributed by atoms with van der Waals surface area (Å²) in [6, 6.07) is 14.0. The van der Waals surface area contributed by atoms with Crippen molar-refractivity contribution in [1.29, 1.82) is 0 Å². The van der Waals surface area contributed by atoms with E-state index >= 15 is 0 Å². The maximum absolute atomic E-state index is 14.4. The zero-order valence-corrected chi connectivity index (χ0v) is 15.0. The first-order chi connectivity index (χ1) is 12.2. The van der Waals surface area contributed by atoms with Crippen LogP contribution in [0.15, 0.2) is 55.1 Å². The smallest absolute Gasteiger partial charge is 0.129 e. The first kappa shape index (κ1) is 17.9. The van der Waals surface area contributed by atoms with Gasteiger partial charge in [0.05, 0.1) is 6.61 Å². The van der Waals surface area contributed by atoms with Crippen LogP contribution in [0.25, 0.3) is 11.1 Å². The Bertz CT molecular complexity index is 714. The molecule has 25 heavy (non-hydrogen) atoms. The third kappa shape index (κ3) is 4.19. The molecule has 0 heterocycles. The van der Waals surface area contributed by atoms with Crippen LogP contribution in [0.1, 0.15) is 49.7 Å². The summed E-state index contributed by atoms with van der Waals surface area (Å²) in [7, 11) is 0. The number of allylic oxidation sites excluding steroid dienone is 1. The molecule has 2 aromatic rings. The van der Waals surface area contributed by atoms with E-state index in [1.807, 2.05) is 25.1 Å². The van der Waals surface area contributed by atoms with Gasteiger partial charge in [0.2, 0.25) is 0 Å². The number of rotatable bonds is 6. The van der Waals surface area contributed by atoms with Crippen LogP contribution in [0.4, 0.5) is 4.39 Å². The maximum Gasteiger partial charge on any atom is 0.129 e. The molecule has 132 valence electrons. The summed E-state index contributed by atoms with van der Waals surface area (Å²) in [4.78, 5) is 0. The van der Waals surface area contributed by atoms with Gasteiger partial charge in [0, 0.05) is 12.2 Å². The molecule has 0 aliphatic heterocycles. The third-order valence-electron chi connectivity index (χ3n) is 5.33. The van der Waals surface area contributed by atoms with E-state index < -0.39 is 0 Å². The van der Waals surface area contributed by atoms with E-state index in [1.165, 1.54) is 31.2 Å². The predicted molar refractivity (Wildman–Crippen MR) is 102 cm³/mol.